The van der Waals surface area contributed by atoms with E-state index in [1.54, 1.807) is 0 Å². The maximum absolute atomic E-state index is 12.6. The molecule has 0 aliphatic carbocycles. The lowest BCUT2D eigenvalue weighted by molar-refractivity contribution is -0.133. The maximum atomic E-state index is 12.6. The molecule has 0 bridgehead atoms. The van der Waals surface area contributed by atoms with Gasteiger partial charge >= 0.3 is 0 Å². The van der Waals surface area contributed by atoms with Crippen molar-refractivity contribution in [3.05, 3.63) is 16.1 Å². The van der Waals surface area contributed by atoms with E-state index < -0.39 is 0 Å². The summed E-state index contributed by atoms with van der Waals surface area (Å²) in [6.07, 6.45) is 2.39. The van der Waals surface area contributed by atoms with Gasteiger partial charge in [0.1, 0.15) is 5.01 Å². The third-order valence-electron chi connectivity index (χ3n) is 3.30. The minimum Gasteiger partial charge on any atom is -0.339 e. The second-order valence-electron chi connectivity index (χ2n) is 5.45. The van der Waals surface area contributed by atoms with Crippen LogP contribution in [0.5, 0.6) is 0 Å². The van der Waals surface area contributed by atoms with Gasteiger partial charge in [-0.05, 0) is 18.8 Å². The number of thiazole rings is 1. The van der Waals surface area contributed by atoms with Crippen LogP contribution in [0.1, 0.15) is 51.2 Å². The quantitative estimate of drug-likeness (QED) is 0.677. The number of aromatic nitrogens is 1. The Bertz CT molecular complexity index is 416. The smallest absolute Gasteiger partial charge is 0.229 e. The monoisotopic (exact) mass is 316 g/mol. The molecule has 1 aromatic rings. The first-order valence-electron chi connectivity index (χ1n) is 7.30. The van der Waals surface area contributed by atoms with Crippen molar-refractivity contribution in [2.24, 2.45) is 5.92 Å². The van der Waals surface area contributed by atoms with Crippen LogP contribution in [0.3, 0.4) is 0 Å². The van der Waals surface area contributed by atoms with E-state index in [1.165, 1.54) is 11.3 Å². The van der Waals surface area contributed by atoms with E-state index in [1.807, 2.05) is 10.3 Å². The number of hydrogen-bond donors (Lipinski definition) is 0. The number of nitrogens with zero attached hydrogens (tertiary/aromatic N) is 2. The first-order valence-corrected chi connectivity index (χ1v) is 8.71. The molecule has 0 aromatic carbocycles. The summed E-state index contributed by atoms with van der Waals surface area (Å²) in [5.41, 5.74) is 0.859. The molecule has 0 saturated heterocycles. The van der Waals surface area contributed by atoms with Gasteiger partial charge in [0, 0.05) is 18.0 Å². The predicted molar refractivity (Wildman–Crippen MR) is 86.3 cm³/mol. The molecule has 0 atom stereocenters. The first kappa shape index (κ1) is 17.4. The Morgan fingerprint density at radius 3 is 2.50 bits per heavy atom. The Balaban J connectivity index is 2.76. The summed E-state index contributed by atoms with van der Waals surface area (Å²) in [6.45, 7) is 9.40. The molecule has 0 aliphatic heterocycles. The van der Waals surface area contributed by atoms with Crippen LogP contribution in [0.25, 0.3) is 0 Å². The maximum Gasteiger partial charge on any atom is 0.229 e. The van der Waals surface area contributed by atoms with Crippen LogP contribution in [0.4, 0.5) is 0 Å². The van der Waals surface area contributed by atoms with E-state index in [0.717, 1.165) is 30.1 Å². The van der Waals surface area contributed by atoms with Crippen LogP contribution >= 0.6 is 22.9 Å². The largest absolute Gasteiger partial charge is 0.339 e. The highest BCUT2D eigenvalue weighted by Crippen LogP contribution is 2.17. The summed E-state index contributed by atoms with van der Waals surface area (Å²) in [5.74, 6) is 1.07. The number of alkyl halides is 1. The topological polar surface area (TPSA) is 33.2 Å². The summed E-state index contributed by atoms with van der Waals surface area (Å²) in [5, 5.41) is 2.80. The van der Waals surface area contributed by atoms with Crippen molar-refractivity contribution in [3.63, 3.8) is 0 Å². The molecule has 20 heavy (non-hydrogen) atoms. The van der Waals surface area contributed by atoms with Gasteiger partial charge in [-0.3, -0.25) is 4.79 Å². The fraction of sp³-hybridized carbons (Fsp3) is 0.733. The molecule has 0 radical (unpaired) electrons. The van der Waals surface area contributed by atoms with E-state index in [9.17, 15) is 4.79 Å². The predicted octanol–water partition coefficient (Wildman–Crippen LogP) is 4.10. The van der Waals surface area contributed by atoms with Crippen molar-refractivity contribution in [2.75, 3.05) is 6.54 Å². The van der Waals surface area contributed by atoms with Gasteiger partial charge in [-0.1, -0.05) is 27.7 Å². The number of rotatable bonds is 8. The van der Waals surface area contributed by atoms with Crippen LogP contribution in [0, 0.1) is 5.92 Å². The standard InChI is InChI=1S/C15H25ClN2OS/c1-5-13(6-2)18(9-11(3)4)15(19)7-14-17-12(8-16)10-20-14/h10-11,13H,5-9H2,1-4H3. The minimum absolute atomic E-state index is 0.183. The number of carbonyl (C=O) groups excluding carboxylic acids is 1. The van der Waals surface area contributed by atoms with Crippen molar-refractivity contribution in [1.82, 2.24) is 9.88 Å². The lowest BCUT2D eigenvalue weighted by atomic mass is 10.1. The molecule has 1 amide bonds. The Kier molecular flexibility index (Phi) is 7.52. The Labute approximate surface area is 131 Å². The summed E-state index contributed by atoms with van der Waals surface area (Å²) < 4.78 is 0. The fourth-order valence-electron chi connectivity index (χ4n) is 2.30. The second-order valence-corrected chi connectivity index (χ2v) is 6.66. The average molecular weight is 317 g/mol. The summed E-state index contributed by atoms with van der Waals surface area (Å²) >= 11 is 7.27. The zero-order valence-electron chi connectivity index (χ0n) is 12.9. The highest BCUT2D eigenvalue weighted by Gasteiger charge is 2.22. The van der Waals surface area contributed by atoms with Crippen molar-refractivity contribution >= 4 is 28.8 Å². The molecule has 0 unspecified atom stereocenters. The molecular weight excluding hydrogens is 292 g/mol. The molecule has 0 spiro atoms. The molecule has 0 N–H and O–H groups in total. The number of carbonyl (C=O) groups is 1. The molecule has 1 heterocycles. The summed E-state index contributed by atoms with van der Waals surface area (Å²) in [6, 6.07) is 0.331. The Hall–Kier alpha value is -0.610. The van der Waals surface area contributed by atoms with Crippen LogP contribution in [-0.4, -0.2) is 28.4 Å². The van der Waals surface area contributed by atoms with Gasteiger partial charge in [0.15, 0.2) is 0 Å². The van der Waals surface area contributed by atoms with Gasteiger partial charge < -0.3 is 4.90 Å². The number of hydrogen-bond acceptors (Lipinski definition) is 3. The number of halogens is 1. The van der Waals surface area contributed by atoms with Gasteiger partial charge in [0.25, 0.3) is 0 Å². The Morgan fingerprint density at radius 1 is 1.40 bits per heavy atom. The van der Waals surface area contributed by atoms with Crippen LogP contribution in [0.15, 0.2) is 5.38 Å². The van der Waals surface area contributed by atoms with Crippen molar-refractivity contribution < 1.29 is 4.79 Å². The van der Waals surface area contributed by atoms with E-state index >= 15 is 0 Å². The molecule has 0 fully saturated rings. The molecule has 1 aromatic heterocycles. The molecular formula is C15H25ClN2OS. The van der Waals surface area contributed by atoms with Crippen molar-refractivity contribution in [1.29, 1.82) is 0 Å². The van der Waals surface area contributed by atoms with Gasteiger partial charge in [-0.15, -0.1) is 22.9 Å². The van der Waals surface area contributed by atoms with E-state index in [2.05, 4.69) is 32.7 Å². The Morgan fingerprint density at radius 2 is 2.05 bits per heavy atom. The van der Waals surface area contributed by atoms with E-state index in [4.69, 9.17) is 11.6 Å². The second kappa shape index (κ2) is 8.63. The SMILES string of the molecule is CCC(CC)N(CC(C)C)C(=O)Cc1nc(CCl)cs1. The normalized spacial score (nSPS) is 11.3. The molecule has 0 saturated carbocycles. The third kappa shape index (κ3) is 5.06. The van der Waals surface area contributed by atoms with Crippen LogP contribution < -0.4 is 0 Å². The van der Waals surface area contributed by atoms with Crippen LogP contribution in [0.2, 0.25) is 0 Å². The molecule has 3 nitrogen and oxygen atoms in total. The van der Waals surface area contributed by atoms with Crippen LogP contribution in [-0.2, 0) is 17.1 Å². The third-order valence-corrected chi connectivity index (χ3v) is 4.48. The van der Waals surface area contributed by atoms with E-state index in [0.29, 0.717) is 24.3 Å². The summed E-state index contributed by atoms with van der Waals surface area (Å²) in [7, 11) is 0. The fourth-order valence-corrected chi connectivity index (χ4v) is 3.31. The molecule has 114 valence electrons. The molecule has 1 rings (SSSR count). The van der Waals surface area contributed by atoms with Crippen molar-refractivity contribution in [3.8, 4) is 0 Å². The van der Waals surface area contributed by atoms with E-state index in [-0.39, 0.29) is 5.91 Å². The first-order chi connectivity index (χ1) is 9.51. The highest BCUT2D eigenvalue weighted by molar-refractivity contribution is 7.09. The summed E-state index contributed by atoms with van der Waals surface area (Å²) in [4.78, 5) is 19.0. The highest BCUT2D eigenvalue weighted by atomic mass is 35.5. The van der Waals surface area contributed by atoms with Crippen molar-refractivity contribution in [2.45, 2.75) is 58.9 Å². The van der Waals surface area contributed by atoms with Gasteiger partial charge in [-0.25, -0.2) is 4.98 Å². The lowest BCUT2D eigenvalue weighted by Crippen LogP contribution is -2.42. The lowest BCUT2D eigenvalue weighted by Gasteiger charge is -2.32. The van der Waals surface area contributed by atoms with Gasteiger partial charge in [-0.2, -0.15) is 0 Å². The molecule has 5 heteroatoms. The average Bonchev–Trinajstić information content (AvgIpc) is 2.86. The molecule has 0 aliphatic rings. The minimum atomic E-state index is 0.183. The van der Waals surface area contributed by atoms with Gasteiger partial charge in [0.05, 0.1) is 18.0 Å². The zero-order chi connectivity index (χ0) is 15.1. The zero-order valence-corrected chi connectivity index (χ0v) is 14.4. The number of amides is 1. The van der Waals surface area contributed by atoms with Gasteiger partial charge in [0.2, 0.25) is 5.91 Å².